The van der Waals surface area contributed by atoms with Crippen LogP contribution in [-0.4, -0.2) is 20.1 Å². The number of benzene rings is 1. The van der Waals surface area contributed by atoms with E-state index in [2.05, 4.69) is 0 Å². The summed E-state index contributed by atoms with van der Waals surface area (Å²) in [6.07, 6.45) is 0. The van der Waals surface area contributed by atoms with Crippen LogP contribution in [0.1, 0.15) is 5.56 Å². The van der Waals surface area contributed by atoms with Gasteiger partial charge in [-0.05, 0) is 12.1 Å². The van der Waals surface area contributed by atoms with Gasteiger partial charge in [0.05, 0.1) is 7.11 Å². The molecule has 1 aromatic carbocycles. The molecule has 0 aliphatic heterocycles. The molecule has 1 aromatic rings. The Morgan fingerprint density at radius 3 is 2.64 bits per heavy atom. The van der Waals surface area contributed by atoms with Crippen molar-refractivity contribution in [2.45, 2.75) is 5.75 Å². The summed E-state index contributed by atoms with van der Waals surface area (Å²) in [7, 11) is -2.69. The standard InChI is InChI=1S/C8H11NO4S/c1-13-8-4-2-3-7(9)6(8)5-14(10,11)12/h2-4H,5,9H2,1H3,(H,10,11,12). The van der Waals surface area contributed by atoms with E-state index in [1.807, 2.05) is 0 Å². The van der Waals surface area contributed by atoms with Crippen LogP contribution >= 0.6 is 0 Å². The normalized spacial score (nSPS) is 11.3. The number of nitrogens with two attached hydrogens (primary N) is 1. The van der Waals surface area contributed by atoms with Crippen LogP contribution in [0.4, 0.5) is 5.69 Å². The smallest absolute Gasteiger partial charge is 0.269 e. The summed E-state index contributed by atoms with van der Waals surface area (Å²) in [5.41, 5.74) is 6.10. The zero-order chi connectivity index (χ0) is 10.8. The van der Waals surface area contributed by atoms with Crippen molar-refractivity contribution >= 4 is 15.8 Å². The molecule has 0 radical (unpaired) electrons. The summed E-state index contributed by atoms with van der Waals surface area (Å²) in [5, 5.41) is 0. The van der Waals surface area contributed by atoms with Gasteiger partial charge in [-0.25, -0.2) is 0 Å². The van der Waals surface area contributed by atoms with Crippen molar-refractivity contribution in [2.24, 2.45) is 0 Å². The molecule has 0 aromatic heterocycles. The highest BCUT2D eigenvalue weighted by atomic mass is 32.2. The largest absolute Gasteiger partial charge is 0.496 e. The van der Waals surface area contributed by atoms with E-state index in [9.17, 15) is 8.42 Å². The maximum Gasteiger partial charge on any atom is 0.269 e. The average molecular weight is 217 g/mol. The van der Waals surface area contributed by atoms with E-state index in [1.165, 1.54) is 7.11 Å². The van der Waals surface area contributed by atoms with E-state index in [1.54, 1.807) is 18.2 Å². The van der Waals surface area contributed by atoms with Crippen molar-refractivity contribution in [3.63, 3.8) is 0 Å². The Morgan fingerprint density at radius 1 is 1.50 bits per heavy atom. The van der Waals surface area contributed by atoms with Crippen LogP contribution in [-0.2, 0) is 15.9 Å². The summed E-state index contributed by atoms with van der Waals surface area (Å²) >= 11 is 0. The van der Waals surface area contributed by atoms with Crippen molar-refractivity contribution in [3.8, 4) is 5.75 Å². The van der Waals surface area contributed by atoms with E-state index in [4.69, 9.17) is 15.0 Å². The number of rotatable bonds is 3. The summed E-state index contributed by atoms with van der Waals surface area (Å²) in [6.45, 7) is 0. The van der Waals surface area contributed by atoms with Gasteiger partial charge in [-0.15, -0.1) is 0 Å². The van der Waals surface area contributed by atoms with Gasteiger partial charge in [0.2, 0.25) is 0 Å². The molecule has 3 N–H and O–H groups in total. The highest BCUT2D eigenvalue weighted by Gasteiger charge is 2.14. The van der Waals surface area contributed by atoms with Crippen molar-refractivity contribution in [1.29, 1.82) is 0 Å². The van der Waals surface area contributed by atoms with Gasteiger partial charge in [-0.1, -0.05) is 6.07 Å². The van der Waals surface area contributed by atoms with Crippen LogP contribution in [0.5, 0.6) is 5.75 Å². The van der Waals surface area contributed by atoms with Crippen molar-refractivity contribution in [2.75, 3.05) is 12.8 Å². The van der Waals surface area contributed by atoms with E-state index in [0.29, 0.717) is 5.75 Å². The minimum Gasteiger partial charge on any atom is -0.496 e. The number of hydrogen-bond acceptors (Lipinski definition) is 4. The van der Waals surface area contributed by atoms with Gasteiger partial charge in [-0.3, -0.25) is 4.55 Å². The second kappa shape index (κ2) is 3.85. The monoisotopic (exact) mass is 217 g/mol. The average Bonchev–Trinajstić information content (AvgIpc) is 2.06. The van der Waals surface area contributed by atoms with Gasteiger partial charge < -0.3 is 10.5 Å². The lowest BCUT2D eigenvalue weighted by atomic mass is 10.2. The number of methoxy groups -OCH3 is 1. The van der Waals surface area contributed by atoms with Crippen LogP contribution < -0.4 is 10.5 Å². The summed E-state index contributed by atoms with van der Waals surface area (Å²) in [5.74, 6) is -0.189. The third kappa shape index (κ3) is 2.61. The minimum atomic E-state index is -4.09. The highest BCUT2D eigenvalue weighted by molar-refractivity contribution is 7.85. The quantitative estimate of drug-likeness (QED) is 0.573. The zero-order valence-electron chi connectivity index (χ0n) is 7.60. The van der Waals surface area contributed by atoms with E-state index in [0.717, 1.165) is 0 Å². The molecule has 1 rings (SSSR count). The molecule has 0 aliphatic rings. The number of nitrogen functional groups attached to an aromatic ring is 1. The molecule has 0 bridgehead atoms. The Labute approximate surface area is 82.2 Å². The molecule has 0 saturated carbocycles. The van der Waals surface area contributed by atoms with Gasteiger partial charge in [0.1, 0.15) is 11.5 Å². The molecule has 0 heterocycles. The SMILES string of the molecule is COc1cccc(N)c1CS(=O)(=O)O. The second-order valence-corrected chi connectivity index (χ2v) is 4.21. The third-order valence-electron chi connectivity index (χ3n) is 1.72. The second-order valence-electron chi connectivity index (χ2n) is 2.75. The molecule has 5 nitrogen and oxygen atoms in total. The summed E-state index contributed by atoms with van der Waals surface area (Å²) < 4.78 is 34.9. The minimum absolute atomic E-state index is 0.275. The van der Waals surface area contributed by atoms with E-state index >= 15 is 0 Å². The lowest BCUT2D eigenvalue weighted by Gasteiger charge is -2.09. The highest BCUT2D eigenvalue weighted by Crippen LogP contribution is 2.25. The molecular formula is C8H11NO4S. The van der Waals surface area contributed by atoms with E-state index < -0.39 is 15.9 Å². The zero-order valence-corrected chi connectivity index (χ0v) is 8.41. The Kier molecular flexibility index (Phi) is 2.97. The molecule has 0 saturated heterocycles. The first kappa shape index (κ1) is 10.8. The molecule has 0 atom stereocenters. The number of ether oxygens (including phenoxy) is 1. The molecule has 78 valence electrons. The Hall–Kier alpha value is -1.27. The fraction of sp³-hybridized carbons (Fsp3) is 0.250. The topological polar surface area (TPSA) is 89.6 Å². The molecule has 0 spiro atoms. The van der Waals surface area contributed by atoms with Crippen molar-refractivity contribution in [3.05, 3.63) is 23.8 Å². The van der Waals surface area contributed by atoms with Crippen LogP contribution in [0.3, 0.4) is 0 Å². The molecule has 0 amide bonds. The Morgan fingerprint density at radius 2 is 2.14 bits per heavy atom. The van der Waals surface area contributed by atoms with Gasteiger partial charge in [-0.2, -0.15) is 8.42 Å². The number of anilines is 1. The number of hydrogen-bond donors (Lipinski definition) is 2. The molecule has 14 heavy (non-hydrogen) atoms. The van der Waals surface area contributed by atoms with Crippen LogP contribution in [0, 0.1) is 0 Å². The predicted molar refractivity (Wildman–Crippen MR) is 52.7 cm³/mol. The Bertz CT molecular complexity index is 427. The third-order valence-corrected chi connectivity index (χ3v) is 2.37. The molecule has 0 fully saturated rings. The maximum absolute atomic E-state index is 10.7. The summed E-state index contributed by atoms with van der Waals surface area (Å²) in [6, 6.07) is 4.77. The predicted octanol–water partition coefficient (Wildman–Crippen LogP) is 0.665. The van der Waals surface area contributed by atoms with Gasteiger partial charge in [0.15, 0.2) is 0 Å². The van der Waals surface area contributed by atoms with Crippen LogP contribution in [0.25, 0.3) is 0 Å². The lowest BCUT2D eigenvalue weighted by molar-refractivity contribution is 0.410. The van der Waals surface area contributed by atoms with Gasteiger partial charge in [0.25, 0.3) is 10.1 Å². The van der Waals surface area contributed by atoms with Gasteiger partial charge in [0, 0.05) is 11.3 Å². The van der Waals surface area contributed by atoms with Crippen LogP contribution in [0.15, 0.2) is 18.2 Å². The lowest BCUT2D eigenvalue weighted by Crippen LogP contribution is -2.06. The molecular weight excluding hydrogens is 206 g/mol. The maximum atomic E-state index is 10.7. The summed E-state index contributed by atoms with van der Waals surface area (Å²) in [4.78, 5) is 0. The first-order chi connectivity index (χ1) is 6.44. The first-order valence-electron chi connectivity index (χ1n) is 3.80. The van der Waals surface area contributed by atoms with Gasteiger partial charge >= 0.3 is 0 Å². The van der Waals surface area contributed by atoms with Crippen molar-refractivity contribution < 1.29 is 17.7 Å². The molecule has 0 unspecified atom stereocenters. The fourth-order valence-corrected chi connectivity index (χ4v) is 1.78. The Balaban J connectivity index is 3.18. The molecule has 6 heteroatoms. The van der Waals surface area contributed by atoms with Crippen LogP contribution in [0.2, 0.25) is 0 Å². The fourth-order valence-electron chi connectivity index (χ4n) is 1.11. The van der Waals surface area contributed by atoms with Crippen molar-refractivity contribution in [1.82, 2.24) is 0 Å². The molecule has 0 aliphatic carbocycles. The van der Waals surface area contributed by atoms with E-state index in [-0.39, 0.29) is 11.3 Å². The first-order valence-corrected chi connectivity index (χ1v) is 5.41.